The van der Waals surface area contributed by atoms with Crippen molar-refractivity contribution in [1.82, 2.24) is 4.73 Å². The van der Waals surface area contributed by atoms with Crippen LogP contribution in [0, 0.1) is 5.92 Å². The summed E-state index contributed by atoms with van der Waals surface area (Å²) in [4.78, 5) is 15.8. The first-order valence-corrected chi connectivity index (χ1v) is 5.19. The highest BCUT2D eigenvalue weighted by Gasteiger charge is 2.19. The lowest BCUT2D eigenvalue weighted by Crippen LogP contribution is -2.23. The zero-order valence-corrected chi connectivity index (χ0v) is 9.04. The van der Waals surface area contributed by atoms with E-state index in [1.54, 1.807) is 0 Å². The molecule has 0 amide bonds. The molecule has 1 unspecified atom stereocenters. The van der Waals surface area contributed by atoms with E-state index in [1.165, 1.54) is 12.1 Å². The van der Waals surface area contributed by atoms with Gasteiger partial charge in [-0.05, 0) is 6.42 Å². The number of aromatic hydroxyl groups is 2. The van der Waals surface area contributed by atoms with Gasteiger partial charge in [0.25, 0.3) is 0 Å². The molecule has 2 N–H and O–H groups in total. The van der Waals surface area contributed by atoms with Gasteiger partial charge < -0.3 is 19.7 Å². The molecule has 1 atom stereocenters. The summed E-state index contributed by atoms with van der Waals surface area (Å²) in [6, 6.07) is 2.38. The molecule has 2 rings (SSSR count). The number of rotatable bonds is 3. The van der Waals surface area contributed by atoms with Crippen LogP contribution in [0.3, 0.4) is 0 Å². The van der Waals surface area contributed by atoms with Crippen LogP contribution in [-0.4, -0.2) is 40.9 Å². The Bertz CT molecular complexity index is 376. The van der Waals surface area contributed by atoms with Crippen molar-refractivity contribution in [3.05, 3.63) is 12.1 Å². The van der Waals surface area contributed by atoms with Crippen LogP contribution in [0.4, 0.5) is 4.79 Å². The molecule has 17 heavy (non-hydrogen) atoms. The number of nitrogens with zero attached hydrogens (tertiary/aromatic N) is 1. The molecule has 0 bridgehead atoms. The first kappa shape index (κ1) is 11.6. The van der Waals surface area contributed by atoms with Gasteiger partial charge in [0, 0.05) is 24.7 Å². The Morgan fingerprint density at radius 1 is 1.47 bits per heavy atom. The normalized spacial score (nSPS) is 19.2. The Morgan fingerprint density at radius 2 is 2.18 bits per heavy atom. The maximum absolute atomic E-state index is 11.2. The minimum absolute atomic E-state index is 0.175. The van der Waals surface area contributed by atoms with Gasteiger partial charge in [-0.1, -0.05) is 0 Å². The third-order valence-electron chi connectivity index (χ3n) is 2.42. The molecule has 1 aromatic rings. The van der Waals surface area contributed by atoms with Gasteiger partial charge in [0.1, 0.15) is 6.61 Å². The monoisotopic (exact) mass is 243 g/mol. The molecule has 1 aromatic heterocycles. The largest absolute Gasteiger partial charge is 0.533 e. The van der Waals surface area contributed by atoms with Gasteiger partial charge in [-0.3, -0.25) is 4.84 Å². The van der Waals surface area contributed by atoms with E-state index in [4.69, 9.17) is 9.47 Å². The highest BCUT2D eigenvalue weighted by atomic mass is 16.8. The molecule has 1 aliphatic rings. The lowest BCUT2D eigenvalue weighted by Gasteiger charge is -2.09. The van der Waals surface area contributed by atoms with E-state index in [0.29, 0.717) is 17.9 Å². The summed E-state index contributed by atoms with van der Waals surface area (Å²) in [5.41, 5.74) is 0. The molecule has 0 saturated carbocycles. The molecule has 1 saturated heterocycles. The summed E-state index contributed by atoms with van der Waals surface area (Å²) in [5, 5.41) is 18.4. The number of carbonyl (C=O) groups excluding carboxylic acids is 1. The SMILES string of the molecule is O=C(OCC1CCOC1)On1c(O)ccc1O. The topological polar surface area (TPSA) is 90.2 Å². The number of hydrogen-bond donors (Lipinski definition) is 2. The van der Waals surface area contributed by atoms with Crippen molar-refractivity contribution in [2.45, 2.75) is 6.42 Å². The number of hydrogen-bond acceptors (Lipinski definition) is 6. The van der Waals surface area contributed by atoms with Crippen LogP contribution in [0.15, 0.2) is 12.1 Å². The van der Waals surface area contributed by atoms with Crippen LogP contribution in [0.1, 0.15) is 6.42 Å². The molecule has 7 heteroatoms. The molecule has 0 radical (unpaired) electrons. The zero-order valence-electron chi connectivity index (χ0n) is 9.04. The summed E-state index contributed by atoms with van der Waals surface area (Å²) >= 11 is 0. The maximum Gasteiger partial charge on any atom is 0.533 e. The van der Waals surface area contributed by atoms with Gasteiger partial charge in [-0.15, -0.1) is 4.73 Å². The molecular weight excluding hydrogens is 230 g/mol. The molecule has 1 aliphatic heterocycles. The summed E-state index contributed by atoms with van der Waals surface area (Å²) < 4.78 is 10.5. The van der Waals surface area contributed by atoms with E-state index in [0.717, 1.165) is 6.42 Å². The van der Waals surface area contributed by atoms with Crippen LogP contribution in [0.25, 0.3) is 0 Å². The Hall–Kier alpha value is -1.89. The number of ether oxygens (including phenoxy) is 2. The van der Waals surface area contributed by atoms with Gasteiger partial charge in [-0.25, -0.2) is 4.79 Å². The van der Waals surface area contributed by atoms with Crippen LogP contribution in [0.5, 0.6) is 11.8 Å². The predicted octanol–water partition coefficient (Wildman–Crippen LogP) is 0.501. The van der Waals surface area contributed by atoms with Crippen LogP contribution in [0.2, 0.25) is 0 Å². The average Bonchev–Trinajstić information content (AvgIpc) is 2.91. The van der Waals surface area contributed by atoms with Crippen molar-refractivity contribution in [3.63, 3.8) is 0 Å². The van der Waals surface area contributed by atoms with Crippen molar-refractivity contribution >= 4 is 6.16 Å². The van der Waals surface area contributed by atoms with Crippen LogP contribution in [-0.2, 0) is 9.47 Å². The molecule has 0 aromatic carbocycles. The lowest BCUT2D eigenvalue weighted by atomic mass is 10.1. The first-order valence-electron chi connectivity index (χ1n) is 5.19. The van der Waals surface area contributed by atoms with Crippen molar-refractivity contribution in [3.8, 4) is 11.8 Å². The van der Waals surface area contributed by atoms with Crippen LogP contribution >= 0.6 is 0 Å². The summed E-state index contributed by atoms with van der Waals surface area (Å²) in [5.74, 6) is -0.596. The Kier molecular flexibility index (Phi) is 3.38. The molecule has 0 spiro atoms. The van der Waals surface area contributed by atoms with E-state index in [9.17, 15) is 15.0 Å². The standard InChI is InChI=1S/C10H13NO6/c12-8-1-2-9(13)11(8)17-10(14)16-6-7-3-4-15-5-7/h1-2,7,12-13H,3-6H2. The minimum Gasteiger partial charge on any atom is -0.492 e. The van der Waals surface area contributed by atoms with Crippen molar-refractivity contribution in [1.29, 1.82) is 0 Å². The summed E-state index contributed by atoms with van der Waals surface area (Å²) in [6.07, 6.45) is -0.147. The molecule has 7 nitrogen and oxygen atoms in total. The van der Waals surface area contributed by atoms with Gasteiger partial charge in [0.05, 0.1) is 6.61 Å². The third kappa shape index (κ3) is 2.82. The predicted molar refractivity (Wildman–Crippen MR) is 54.6 cm³/mol. The van der Waals surface area contributed by atoms with E-state index < -0.39 is 6.16 Å². The van der Waals surface area contributed by atoms with Crippen molar-refractivity contribution in [2.24, 2.45) is 5.92 Å². The van der Waals surface area contributed by atoms with E-state index in [1.807, 2.05) is 0 Å². The highest BCUT2D eigenvalue weighted by Crippen LogP contribution is 2.19. The van der Waals surface area contributed by atoms with E-state index in [-0.39, 0.29) is 24.3 Å². The van der Waals surface area contributed by atoms with E-state index in [2.05, 4.69) is 4.84 Å². The Balaban J connectivity index is 1.80. The molecule has 2 heterocycles. The zero-order chi connectivity index (χ0) is 12.3. The van der Waals surface area contributed by atoms with Crippen LogP contribution < -0.4 is 4.84 Å². The second-order valence-corrected chi connectivity index (χ2v) is 3.73. The second-order valence-electron chi connectivity index (χ2n) is 3.73. The van der Waals surface area contributed by atoms with Gasteiger partial charge in [0.2, 0.25) is 11.8 Å². The first-order chi connectivity index (χ1) is 8.16. The van der Waals surface area contributed by atoms with Gasteiger partial charge in [-0.2, -0.15) is 0 Å². The fourth-order valence-corrected chi connectivity index (χ4v) is 1.50. The number of aromatic nitrogens is 1. The highest BCUT2D eigenvalue weighted by molar-refractivity contribution is 5.60. The Morgan fingerprint density at radius 3 is 2.76 bits per heavy atom. The van der Waals surface area contributed by atoms with Gasteiger partial charge >= 0.3 is 6.16 Å². The molecule has 94 valence electrons. The quantitative estimate of drug-likeness (QED) is 0.751. The molecule has 1 fully saturated rings. The average molecular weight is 243 g/mol. The van der Waals surface area contributed by atoms with Crippen molar-refractivity contribution in [2.75, 3.05) is 19.8 Å². The minimum atomic E-state index is -0.987. The fourth-order valence-electron chi connectivity index (χ4n) is 1.50. The Labute approximate surface area is 97.1 Å². The number of carbonyl (C=O) groups is 1. The summed E-state index contributed by atoms with van der Waals surface area (Å²) in [6.45, 7) is 1.43. The maximum atomic E-state index is 11.2. The lowest BCUT2D eigenvalue weighted by molar-refractivity contribution is 0.0258. The fraction of sp³-hybridized carbons (Fsp3) is 0.500. The van der Waals surface area contributed by atoms with Gasteiger partial charge in [0.15, 0.2) is 0 Å². The van der Waals surface area contributed by atoms with E-state index >= 15 is 0 Å². The molecule has 0 aliphatic carbocycles. The third-order valence-corrected chi connectivity index (χ3v) is 2.42. The molecular formula is C10H13NO6. The second kappa shape index (κ2) is 4.96. The smallest absolute Gasteiger partial charge is 0.492 e. The van der Waals surface area contributed by atoms with Crippen molar-refractivity contribution < 1.29 is 29.3 Å². The summed E-state index contributed by atoms with van der Waals surface area (Å²) in [7, 11) is 0.